The second-order valence-corrected chi connectivity index (χ2v) is 22.2. The average molecular weight is 1020 g/mol. The highest BCUT2D eigenvalue weighted by atomic mass is 16.6. The fraction of sp³-hybridized carbons (Fsp3) is 0.731. The van der Waals surface area contributed by atoms with Gasteiger partial charge in [-0.1, -0.05) is 46.2 Å². The molecule has 0 spiro atoms. The fourth-order valence-electron chi connectivity index (χ4n) is 7.83. The summed E-state index contributed by atoms with van der Waals surface area (Å²) >= 11 is 0. The summed E-state index contributed by atoms with van der Waals surface area (Å²) in [6, 6.07) is 0.509. The third kappa shape index (κ3) is 24.2. The Morgan fingerprint density at radius 2 is 1.18 bits per heavy atom. The molecule has 408 valence electrons. The predicted octanol–water partition coefficient (Wildman–Crippen LogP) is 5.23. The summed E-state index contributed by atoms with van der Waals surface area (Å²) < 4.78 is 16.5. The molecule has 0 aliphatic carbocycles. The highest BCUT2D eigenvalue weighted by Gasteiger charge is 2.39. The summed E-state index contributed by atoms with van der Waals surface area (Å²) in [5, 5.41) is 26.6. The first-order valence-corrected chi connectivity index (χ1v) is 25.6. The first-order valence-electron chi connectivity index (χ1n) is 25.6. The molecule has 2 rings (SSSR count). The van der Waals surface area contributed by atoms with Gasteiger partial charge < -0.3 is 61.9 Å². The summed E-state index contributed by atoms with van der Waals surface area (Å²) in [6.45, 7) is 24.2. The Balaban J connectivity index is 2.37. The Hall–Kier alpha value is -5.66. The van der Waals surface area contributed by atoms with E-state index in [4.69, 9.17) is 19.9 Å². The molecular formula is C52H88N8O12. The molecule has 1 saturated heterocycles. The normalized spacial score (nSPS) is 16.5. The van der Waals surface area contributed by atoms with Crippen LogP contribution >= 0.6 is 0 Å². The van der Waals surface area contributed by atoms with Crippen LogP contribution in [0.4, 0.5) is 9.59 Å². The number of rotatable bonds is 27. The summed E-state index contributed by atoms with van der Waals surface area (Å²) in [5.41, 5.74) is 5.36. The first-order chi connectivity index (χ1) is 33.4. The van der Waals surface area contributed by atoms with E-state index in [-0.39, 0.29) is 69.2 Å². The Kier molecular flexibility index (Phi) is 25.3. The topological polar surface area (TPSA) is 286 Å². The van der Waals surface area contributed by atoms with E-state index in [0.717, 1.165) is 5.56 Å². The van der Waals surface area contributed by atoms with Gasteiger partial charge in [0.2, 0.25) is 29.5 Å². The van der Waals surface area contributed by atoms with Crippen molar-refractivity contribution in [3.8, 4) is 5.75 Å². The summed E-state index contributed by atoms with van der Waals surface area (Å²) in [6.07, 6.45) is 1.88. The first kappa shape index (κ1) is 62.5. The maximum absolute atomic E-state index is 14.4. The molecule has 20 heteroatoms. The Morgan fingerprint density at radius 1 is 0.681 bits per heavy atom. The van der Waals surface area contributed by atoms with Crippen molar-refractivity contribution in [1.82, 2.24) is 36.8 Å². The van der Waals surface area contributed by atoms with E-state index in [1.807, 2.05) is 53.7 Å². The number of carbonyl (C=O) groups excluding carboxylic acids is 7. The Bertz CT molecular complexity index is 1940. The fourth-order valence-corrected chi connectivity index (χ4v) is 7.83. The zero-order valence-electron chi connectivity index (χ0n) is 45.3. The number of nitrogens with one attached hydrogen (secondary N) is 6. The molecular weight excluding hydrogens is 929 g/mol. The third-order valence-corrected chi connectivity index (χ3v) is 11.5. The number of hydrogen-bond acceptors (Lipinski definition) is 12. The molecule has 1 fully saturated rings. The molecule has 0 radical (unpaired) electrons. The number of hydrogen-bond donors (Lipinski definition) is 8. The number of carboxylic acid groups (broad SMARTS) is 1. The molecule has 1 aliphatic rings. The zero-order valence-corrected chi connectivity index (χ0v) is 45.3. The zero-order chi connectivity index (χ0) is 54.6. The van der Waals surface area contributed by atoms with Crippen molar-refractivity contribution in [3.63, 3.8) is 0 Å². The molecule has 0 saturated carbocycles. The number of amides is 7. The number of ether oxygens (including phenoxy) is 3. The average Bonchev–Trinajstić information content (AvgIpc) is 3.76. The van der Waals surface area contributed by atoms with Gasteiger partial charge in [-0.05, 0) is 156 Å². The number of nitrogens with two attached hydrogens (primary N) is 1. The van der Waals surface area contributed by atoms with Gasteiger partial charge in [0.1, 0.15) is 52.8 Å². The number of aliphatic carboxylic acids is 1. The van der Waals surface area contributed by atoms with Gasteiger partial charge in [-0.2, -0.15) is 0 Å². The second-order valence-electron chi connectivity index (χ2n) is 22.2. The van der Waals surface area contributed by atoms with Crippen LogP contribution in [-0.2, 0) is 44.7 Å². The summed E-state index contributed by atoms with van der Waals surface area (Å²) in [5.74, 6) is -4.15. The van der Waals surface area contributed by atoms with Gasteiger partial charge in [0.15, 0.2) is 0 Å². The summed E-state index contributed by atoms with van der Waals surface area (Å²) in [4.78, 5) is 109. The predicted molar refractivity (Wildman–Crippen MR) is 274 cm³/mol. The molecule has 20 nitrogen and oxygen atoms in total. The van der Waals surface area contributed by atoms with Crippen LogP contribution in [-0.4, -0.2) is 130 Å². The molecule has 9 N–H and O–H groups in total. The largest absolute Gasteiger partial charge is 0.488 e. The van der Waals surface area contributed by atoms with Crippen molar-refractivity contribution in [2.75, 3.05) is 19.6 Å². The molecule has 1 aromatic carbocycles. The highest BCUT2D eigenvalue weighted by molar-refractivity contribution is 5.96. The third-order valence-electron chi connectivity index (χ3n) is 11.5. The molecule has 1 aromatic rings. The number of carboxylic acids is 1. The van der Waals surface area contributed by atoms with E-state index in [1.165, 1.54) is 4.90 Å². The lowest BCUT2D eigenvalue weighted by Gasteiger charge is -2.30. The van der Waals surface area contributed by atoms with Crippen LogP contribution in [0, 0.1) is 11.8 Å². The number of unbranched alkanes of at least 4 members (excludes halogenated alkanes) is 2. The van der Waals surface area contributed by atoms with Crippen molar-refractivity contribution < 1.29 is 57.7 Å². The summed E-state index contributed by atoms with van der Waals surface area (Å²) in [7, 11) is 0. The van der Waals surface area contributed by atoms with Crippen molar-refractivity contribution in [2.45, 2.75) is 214 Å². The molecule has 0 unspecified atom stereocenters. The second kappa shape index (κ2) is 29.1. The van der Waals surface area contributed by atoms with Crippen LogP contribution in [0.15, 0.2) is 24.3 Å². The molecule has 72 heavy (non-hydrogen) atoms. The lowest BCUT2D eigenvalue weighted by atomic mass is 9.96. The van der Waals surface area contributed by atoms with Crippen LogP contribution in [0.3, 0.4) is 0 Å². The SMILES string of the molecule is CC[C@H](C)[C@H](NC(=O)[C@@H](N)Cc1ccc(OC(C)(C)C)cc1)C(=O)N[C@@H](CC(C)C)C(=O)N[C@@H](CCCCNC(=O)OC(C)(C)C)C(=O)N[C@@H](CCCCNC(=O)OC(C)(C)C)C(=O)N1CCC[C@H]1C(=O)O. The molecule has 7 atom stereocenters. The van der Waals surface area contributed by atoms with Crippen LogP contribution in [0.1, 0.15) is 160 Å². The lowest BCUT2D eigenvalue weighted by Crippen LogP contribution is -2.60. The number of nitrogens with zero attached hydrogens (tertiary/aromatic N) is 1. The minimum absolute atomic E-state index is 0.0495. The number of likely N-dealkylation sites (tertiary alicyclic amines) is 1. The van der Waals surface area contributed by atoms with Gasteiger partial charge in [0.05, 0.1) is 6.04 Å². The Morgan fingerprint density at radius 3 is 1.67 bits per heavy atom. The van der Waals surface area contributed by atoms with E-state index >= 15 is 0 Å². The lowest BCUT2D eigenvalue weighted by molar-refractivity contribution is -0.149. The van der Waals surface area contributed by atoms with E-state index in [1.54, 1.807) is 60.6 Å². The maximum atomic E-state index is 14.4. The van der Waals surface area contributed by atoms with Crippen LogP contribution < -0.4 is 42.4 Å². The molecule has 1 heterocycles. The standard InChI is InChI=1S/C52H88N8O12/c1-14-33(4)41(59-42(61)36(53)31-34-23-25-35(26-24-34)70-50(5,6)7)45(64)58-39(30-32(2)3)44(63)56-37(20-15-17-27-54-48(68)71-51(8,9)10)43(62)57-38(46(65)60-29-19-22-40(60)47(66)67)21-16-18-28-55-49(69)72-52(11,12)13/h23-26,32-33,36-41H,14-22,27-31,53H2,1-13H3,(H,54,68)(H,55,69)(H,56,63)(H,57,62)(H,58,64)(H,59,61)(H,66,67)/t33-,36-,37-,38-,39-,40-,41-/m0/s1. The smallest absolute Gasteiger partial charge is 0.407 e. The minimum atomic E-state index is -1.25. The molecule has 1 aliphatic heterocycles. The maximum Gasteiger partial charge on any atom is 0.407 e. The van der Waals surface area contributed by atoms with Crippen LogP contribution in [0.5, 0.6) is 5.75 Å². The van der Waals surface area contributed by atoms with Crippen molar-refractivity contribution >= 4 is 47.7 Å². The van der Waals surface area contributed by atoms with Crippen molar-refractivity contribution in [1.29, 1.82) is 0 Å². The van der Waals surface area contributed by atoms with E-state index in [9.17, 15) is 43.5 Å². The van der Waals surface area contributed by atoms with Crippen molar-refractivity contribution in [3.05, 3.63) is 29.8 Å². The van der Waals surface area contributed by atoms with Crippen molar-refractivity contribution in [2.24, 2.45) is 17.6 Å². The van der Waals surface area contributed by atoms with Gasteiger partial charge in [-0.3, -0.25) is 24.0 Å². The van der Waals surface area contributed by atoms with E-state index in [0.29, 0.717) is 44.3 Å². The molecule has 0 aromatic heterocycles. The highest BCUT2D eigenvalue weighted by Crippen LogP contribution is 2.22. The number of alkyl carbamates (subject to hydrolysis) is 2. The number of carbonyl (C=O) groups is 8. The Labute approximate surface area is 427 Å². The van der Waals surface area contributed by atoms with E-state index < -0.39 is 95.1 Å². The van der Waals surface area contributed by atoms with Gasteiger partial charge in [-0.15, -0.1) is 0 Å². The monoisotopic (exact) mass is 1020 g/mol. The minimum Gasteiger partial charge on any atom is -0.488 e. The van der Waals surface area contributed by atoms with Gasteiger partial charge in [-0.25, -0.2) is 14.4 Å². The molecule has 0 bridgehead atoms. The van der Waals surface area contributed by atoms with E-state index in [2.05, 4.69) is 31.9 Å². The van der Waals surface area contributed by atoms with Gasteiger partial charge in [0.25, 0.3) is 0 Å². The van der Waals surface area contributed by atoms with Gasteiger partial charge in [0, 0.05) is 19.6 Å². The molecule has 7 amide bonds. The van der Waals surface area contributed by atoms with Crippen LogP contribution in [0.25, 0.3) is 0 Å². The quantitative estimate of drug-likeness (QED) is 0.0525. The van der Waals surface area contributed by atoms with Gasteiger partial charge >= 0.3 is 18.2 Å². The van der Waals surface area contributed by atoms with Crippen LogP contribution in [0.2, 0.25) is 0 Å². The number of benzene rings is 1.